The minimum absolute atomic E-state index is 0.00851. The molecule has 0 bridgehead atoms. The van der Waals surface area contributed by atoms with Gasteiger partial charge in [-0.2, -0.15) is 0 Å². The number of para-hydroxylation sites is 1. The number of hydrogen-bond acceptors (Lipinski definition) is 6. The fraction of sp³-hybridized carbons (Fsp3) is 0.484. The van der Waals surface area contributed by atoms with Crippen molar-refractivity contribution in [2.45, 2.75) is 59.5 Å². The summed E-state index contributed by atoms with van der Waals surface area (Å²) in [5.41, 5.74) is 3.31. The minimum Gasteiger partial charge on any atom is -0.366 e. The number of carbonyl (C=O) groups is 1. The van der Waals surface area contributed by atoms with Crippen LogP contribution in [-0.2, 0) is 17.8 Å². The first-order valence-electron chi connectivity index (χ1n) is 14.5. The monoisotopic (exact) mass is 543 g/mol. The van der Waals surface area contributed by atoms with Crippen LogP contribution in [0.5, 0.6) is 0 Å². The van der Waals surface area contributed by atoms with Crippen LogP contribution in [-0.4, -0.2) is 68.7 Å². The topological polar surface area (TPSA) is 87.8 Å². The zero-order valence-corrected chi connectivity index (χ0v) is 24.1. The van der Waals surface area contributed by atoms with Crippen molar-refractivity contribution in [2.75, 3.05) is 37.6 Å². The van der Waals surface area contributed by atoms with Crippen molar-refractivity contribution in [1.29, 1.82) is 0 Å². The van der Waals surface area contributed by atoms with Crippen LogP contribution in [0.4, 0.5) is 5.69 Å². The van der Waals surface area contributed by atoms with Gasteiger partial charge in [-0.25, -0.2) is 0 Å². The van der Waals surface area contributed by atoms with Gasteiger partial charge in [-0.15, -0.1) is 10.2 Å². The molecule has 1 fully saturated rings. The molecule has 1 amide bonds. The number of aromatic nitrogens is 4. The average molecular weight is 544 g/mol. The maximum absolute atomic E-state index is 13.1. The number of carbonyl (C=O) groups excluding carboxylic acids is 1. The molecule has 2 aromatic heterocycles. The van der Waals surface area contributed by atoms with Gasteiger partial charge in [-0.3, -0.25) is 23.5 Å². The normalized spacial score (nSPS) is 16.3. The molecule has 1 aliphatic heterocycles. The molecule has 0 radical (unpaired) electrons. The molecule has 212 valence electrons. The highest BCUT2D eigenvalue weighted by Gasteiger charge is 2.23. The molecule has 0 unspecified atom stereocenters. The van der Waals surface area contributed by atoms with Crippen molar-refractivity contribution in [1.82, 2.24) is 29.4 Å². The van der Waals surface area contributed by atoms with E-state index in [4.69, 9.17) is 0 Å². The average Bonchev–Trinajstić information content (AvgIpc) is 3.36. The van der Waals surface area contributed by atoms with E-state index in [9.17, 15) is 9.59 Å². The third kappa shape index (κ3) is 6.04. The van der Waals surface area contributed by atoms with Crippen LogP contribution in [0, 0.1) is 12.8 Å². The number of piperazine rings is 1. The summed E-state index contributed by atoms with van der Waals surface area (Å²) >= 11 is 0. The third-order valence-corrected chi connectivity index (χ3v) is 7.72. The lowest BCUT2D eigenvalue weighted by atomic mass is 10.1. The minimum atomic E-state index is -0.0561. The molecular formula is C31H41N7O2. The number of hydrogen-bond donors (Lipinski definition) is 1. The molecule has 1 N–H and O–H groups in total. The van der Waals surface area contributed by atoms with E-state index in [1.165, 1.54) is 11.3 Å². The van der Waals surface area contributed by atoms with E-state index in [0.717, 1.165) is 38.1 Å². The summed E-state index contributed by atoms with van der Waals surface area (Å²) in [6, 6.07) is 16.7. The number of aryl methyl sites for hydroxylation is 2. The summed E-state index contributed by atoms with van der Waals surface area (Å²) in [7, 11) is 0. The second kappa shape index (κ2) is 12.2. The smallest absolute Gasteiger partial charge is 0.262 e. The Morgan fingerprint density at radius 2 is 1.93 bits per heavy atom. The van der Waals surface area contributed by atoms with Crippen molar-refractivity contribution < 1.29 is 4.79 Å². The molecule has 4 aromatic rings. The summed E-state index contributed by atoms with van der Waals surface area (Å²) in [5.74, 6) is 1.52. The summed E-state index contributed by atoms with van der Waals surface area (Å²) in [6.07, 6.45) is 1.70. The number of fused-ring (bicyclic) bond motifs is 3. The van der Waals surface area contributed by atoms with Crippen molar-refractivity contribution in [3.8, 4) is 0 Å². The number of nitrogens with zero attached hydrogens (tertiary/aromatic N) is 6. The van der Waals surface area contributed by atoms with Gasteiger partial charge in [-0.1, -0.05) is 38.1 Å². The van der Waals surface area contributed by atoms with Crippen LogP contribution in [0.2, 0.25) is 0 Å². The molecule has 1 atom stereocenters. The zero-order chi connectivity index (χ0) is 28.2. The van der Waals surface area contributed by atoms with Crippen LogP contribution in [0.1, 0.15) is 45.0 Å². The molecule has 9 nitrogen and oxygen atoms in total. The molecule has 1 aliphatic rings. The summed E-state index contributed by atoms with van der Waals surface area (Å²) in [5, 5.41) is 12.5. The third-order valence-electron chi connectivity index (χ3n) is 7.72. The van der Waals surface area contributed by atoms with Crippen LogP contribution in [0.3, 0.4) is 0 Å². The Bertz CT molecular complexity index is 1540. The molecule has 0 aliphatic carbocycles. The molecule has 5 rings (SSSR count). The van der Waals surface area contributed by atoms with Crippen molar-refractivity contribution in [2.24, 2.45) is 5.92 Å². The van der Waals surface area contributed by atoms with E-state index in [-0.39, 0.29) is 17.4 Å². The van der Waals surface area contributed by atoms with Crippen molar-refractivity contribution in [3.63, 3.8) is 0 Å². The van der Waals surface area contributed by atoms with Gasteiger partial charge in [0.1, 0.15) is 5.82 Å². The maximum atomic E-state index is 13.1. The van der Waals surface area contributed by atoms with E-state index in [1.807, 2.05) is 28.7 Å². The predicted molar refractivity (Wildman–Crippen MR) is 160 cm³/mol. The second-order valence-corrected chi connectivity index (χ2v) is 11.5. The highest BCUT2D eigenvalue weighted by Crippen LogP contribution is 2.22. The largest absolute Gasteiger partial charge is 0.366 e. The van der Waals surface area contributed by atoms with E-state index >= 15 is 0 Å². The van der Waals surface area contributed by atoms with Crippen molar-refractivity contribution in [3.05, 3.63) is 70.3 Å². The van der Waals surface area contributed by atoms with Crippen molar-refractivity contribution >= 4 is 28.3 Å². The fourth-order valence-corrected chi connectivity index (χ4v) is 5.78. The summed E-state index contributed by atoms with van der Waals surface area (Å²) in [6.45, 7) is 13.8. The van der Waals surface area contributed by atoms with Gasteiger partial charge in [0.15, 0.2) is 0 Å². The Kier molecular flexibility index (Phi) is 8.49. The number of rotatable bonds is 10. The standard InChI is InChI=1S/C31H41N7O2/c1-22(2)20-37-30(40)26-11-5-6-12-27(26)38-28(33-34-31(37)38)13-14-29(39)32-15-8-16-35-17-18-36(24(4)21-35)25-10-7-9-23(3)19-25/h5-7,9-12,19,22,24H,8,13-18,20-21H2,1-4H3,(H,32,39)/t24-/m1/s1. The highest BCUT2D eigenvalue weighted by atomic mass is 16.1. The van der Waals surface area contributed by atoms with E-state index in [2.05, 4.69) is 77.3 Å². The van der Waals surface area contributed by atoms with Gasteiger partial charge < -0.3 is 10.2 Å². The van der Waals surface area contributed by atoms with Gasteiger partial charge in [0, 0.05) is 57.3 Å². The molecule has 3 heterocycles. The first-order chi connectivity index (χ1) is 19.3. The Morgan fingerprint density at radius 1 is 1.10 bits per heavy atom. The molecule has 0 spiro atoms. The molecule has 9 heteroatoms. The fourth-order valence-electron chi connectivity index (χ4n) is 5.78. The van der Waals surface area contributed by atoms with Crippen LogP contribution in [0.15, 0.2) is 53.3 Å². The lowest BCUT2D eigenvalue weighted by Crippen LogP contribution is -2.52. The number of anilines is 1. The van der Waals surface area contributed by atoms with Crippen LogP contribution < -0.4 is 15.8 Å². The molecular weight excluding hydrogens is 502 g/mol. The first kappa shape index (κ1) is 27.8. The maximum Gasteiger partial charge on any atom is 0.262 e. The number of amides is 1. The quantitative estimate of drug-likeness (QED) is 0.307. The Balaban J connectivity index is 1.13. The number of nitrogens with one attached hydrogen (secondary N) is 1. The van der Waals surface area contributed by atoms with E-state index < -0.39 is 0 Å². The Morgan fingerprint density at radius 3 is 2.70 bits per heavy atom. The van der Waals surface area contributed by atoms with E-state index in [1.54, 1.807) is 4.57 Å². The summed E-state index contributed by atoms with van der Waals surface area (Å²) < 4.78 is 3.63. The van der Waals surface area contributed by atoms with Gasteiger partial charge in [0.05, 0.1) is 10.9 Å². The lowest BCUT2D eigenvalue weighted by Gasteiger charge is -2.41. The Labute approximate surface area is 235 Å². The Hall–Kier alpha value is -3.72. The molecule has 40 heavy (non-hydrogen) atoms. The zero-order valence-electron chi connectivity index (χ0n) is 24.1. The summed E-state index contributed by atoms with van der Waals surface area (Å²) in [4.78, 5) is 30.8. The van der Waals surface area contributed by atoms with E-state index in [0.29, 0.717) is 49.0 Å². The predicted octanol–water partition coefficient (Wildman–Crippen LogP) is 3.66. The molecule has 2 aromatic carbocycles. The van der Waals surface area contributed by atoms with Gasteiger partial charge in [0.2, 0.25) is 11.7 Å². The SMILES string of the molecule is Cc1cccc(N2CCN(CCCNC(=O)CCc3nnc4n(CC(C)C)c(=O)c5ccccc5n34)C[C@H]2C)c1. The first-order valence-corrected chi connectivity index (χ1v) is 14.5. The van der Waals surface area contributed by atoms with Crippen LogP contribution in [0.25, 0.3) is 16.7 Å². The van der Waals surface area contributed by atoms with Gasteiger partial charge in [-0.05, 0) is 62.6 Å². The van der Waals surface area contributed by atoms with Gasteiger partial charge >= 0.3 is 0 Å². The molecule has 0 saturated carbocycles. The van der Waals surface area contributed by atoms with Gasteiger partial charge in [0.25, 0.3) is 5.56 Å². The lowest BCUT2D eigenvalue weighted by molar-refractivity contribution is -0.121. The second-order valence-electron chi connectivity index (χ2n) is 11.5. The van der Waals surface area contributed by atoms with Crippen LogP contribution >= 0.6 is 0 Å². The number of benzene rings is 2. The highest BCUT2D eigenvalue weighted by molar-refractivity contribution is 5.80. The molecule has 1 saturated heterocycles.